The summed E-state index contributed by atoms with van der Waals surface area (Å²) >= 11 is 5.00. The molecule has 5 heteroatoms. The van der Waals surface area contributed by atoms with Crippen molar-refractivity contribution in [2.45, 2.75) is 0 Å². The molecule has 2 N–H and O–H groups in total. The van der Waals surface area contributed by atoms with Crippen LogP contribution in [0.3, 0.4) is 0 Å². The second-order valence-electron chi connectivity index (χ2n) is 6.31. The molecule has 0 bridgehead atoms. The Balaban J connectivity index is 1.92. The zero-order chi connectivity index (χ0) is 19.5. The predicted molar refractivity (Wildman–Crippen MR) is 117 cm³/mol. The van der Waals surface area contributed by atoms with E-state index in [1.54, 1.807) is 10.8 Å². The lowest BCUT2D eigenvalue weighted by atomic mass is 10.0. The van der Waals surface area contributed by atoms with Crippen molar-refractivity contribution in [2.75, 3.05) is 0 Å². The Labute approximate surface area is 168 Å². The van der Waals surface area contributed by atoms with Gasteiger partial charge in [0.1, 0.15) is 16.8 Å². The molecule has 0 aliphatic heterocycles. The Morgan fingerprint density at radius 2 is 1.71 bits per heavy atom. The van der Waals surface area contributed by atoms with Crippen LogP contribution in [0.1, 0.15) is 5.56 Å². The van der Waals surface area contributed by atoms with Crippen molar-refractivity contribution in [3.8, 4) is 23.0 Å². The highest BCUT2D eigenvalue weighted by atomic mass is 32.1. The average Bonchev–Trinajstić information content (AvgIpc) is 3.16. The Morgan fingerprint density at radius 1 is 1.00 bits per heavy atom. The number of aromatic nitrogens is 2. The van der Waals surface area contributed by atoms with Gasteiger partial charge in [0, 0.05) is 17.3 Å². The molecule has 0 spiro atoms. The molecule has 134 valence electrons. The lowest BCUT2D eigenvalue weighted by Crippen LogP contribution is -2.09. The third-order valence-electron chi connectivity index (χ3n) is 4.47. The number of thiocarbonyl (C=S) groups is 1. The highest BCUT2D eigenvalue weighted by Crippen LogP contribution is 2.28. The molecule has 0 saturated carbocycles. The second-order valence-corrected chi connectivity index (χ2v) is 6.75. The van der Waals surface area contributed by atoms with Gasteiger partial charge in [-0.15, -0.1) is 0 Å². The summed E-state index contributed by atoms with van der Waals surface area (Å²) < 4.78 is 1.80. The van der Waals surface area contributed by atoms with Gasteiger partial charge >= 0.3 is 0 Å². The van der Waals surface area contributed by atoms with E-state index in [1.165, 1.54) is 0 Å². The van der Waals surface area contributed by atoms with Gasteiger partial charge < -0.3 is 5.73 Å². The summed E-state index contributed by atoms with van der Waals surface area (Å²) in [7, 11) is 0. The number of nitrogens with zero attached hydrogens (tertiary/aromatic N) is 3. The monoisotopic (exact) mass is 380 g/mol. The summed E-state index contributed by atoms with van der Waals surface area (Å²) in [5, 5.41) is 16.4. The molecule has 0 unspecified atom stereocenters. The highest BCUT2D eigenvalue weighted by Gasteiger charge is 2.13. The largest absolute Gasteiger partial charge is 0.389 e. The molecule has 0 radical (unpaired) electrons. The van der Waals surface area contributed by atoms with E-state index in [1.807, 2.05) is 54.7 Å². The molecule has 1 heterocycles. The molecule has 4 rings (SSSR count). The van der Waals surface area contributed by atoms with E-state index in [9.17, 15) is 5.26 Å². The minimum Gasteiger partial charge on any atom is -0.389 e. The minimum absolute atomic E-state index is 0.0689. The van der Waals surface area contributed by atoms with Crippen LogP contribution in [-0.2, 0) is 0 Å². The number of nitriles is 1. The van der Waals surface area contributed by atoms with Gasteiger partial charge in [0.15, 0.2) is 0 Å². The van der Waals surface area contributed by atoms with Crippen LogP contribution in [0.25, 0.3) is 33.8 Å². The van der Waals surface area contributed by atoms with Crippen molar-refractivity contribution >= 4 is 34.1 Å². The minimum atomic E-state index is 0.0689. The summed E-state index contributed by atoms with van der Waals surface area (Å²) in [5.74, 6) is 0. The van der Waals surface area contributed by atoms with E-state index in [0.717, 1.165) is 33.3 Å². The highest BCUT2D eigenvalue weighted by molar-refractivity contribution is 7.80. The predicted octanol–water partition coefficient (Wildman–Crippen LogP) is 4.89. The number of para-hydroxylation sites is 1. The molecule has 0 aliphatic carbocycles. The van der Waals surface area contributed by atoms with E-state index in [2.05, 4.69) is 30.3 Å². The molecule has 4 aromatic rings. The van der Waals surface area contributed by atoms with Crippen LogP contribution in [0.5, 0.6) is 0 Å². The number of nitrogens with two attached hydrogens (primary N) is 1. The third-order valence-corrected chi connectivity index (χ3v) is 4.69. The van der Waals surface area contributed by atoms with Gasteiger partial charge in [0.2, 0.25) is 0 Å². The Bertz CT molecular complexity index is 1250. The maximum absolute atomic E-state index is 9.37. The van der Waals surface area contributed by atoms with Crippen LogP contribution in [0, 0.1) is 11.3 Å². The maximum atomic E-state index is 9.37. The lowest BCUT2D eigenvalue weighted by molar-refractivity contribution is 0.884. The maximum Gasteiger partial charge on any atom is 0.114 e. The Morgan fingerprint density at radius 3 is 2.43 bits per heavy atom. The molecule has 0 fully saturated rings. The first kappa shape index (κ1) is 17.7. The fourth-order valence-electron chi connectivity index (χ4n) is 3.08. The van der Waals surface area contributed by atoms with Crippen LogP contribution in [0.15, 0.2) is 84.6 Å². The molecule has 0 saturated heterocycles. The number of rotatable bonds is 4. The number of hydrogen-bond acceptors (Lipinski definition) is 3. The second kappa shape index (κ2) is 7.47. The summed E-state index contributed by atoms with van der Waals surface area (Å²) in [5.41, 5.74) is 9.37. The number of hydrogen-bond donors (Lipinski definition) is 1. The fraction of sp³-hybridized carbons (Fsp3) is 0. The molecule has 0 amide bonds. The van der Waals surface area contributed by atoms with Gasteiger partial charge in [-0.1, -0.05) is 66.8 Å². The van der Waals surface area contributed by atoms with E-state index in [-0.39, 0.29) is 10.6 Å². The Hall–Kier alpha value is -3.75. The van der Waals surface area contributed by atoms with Gasteiger partial charge in [-0.05, 0) is 35.0 Å². The van der Waals surface area contributed by atoms with Crippen molar-refractivity contribution in [1.29, 1.82) is 5.26 Å². The van der Waals surface area contributed by atoms with Gasteiger partial charge in [0.05, 0.1) is 11.3 Å². The van der Waals surface area contributed by atoms with Gasteiger partial charge in [0.25, 0.3) is 0 Å². The summed E-state index contributed by atoms with van der Waals surface area (Å²) in [6.07, 6.45) is 3.58. The zero-order valence-electron chi connectivity index (χ0n) is 14.9. The summed E-state index contributed by atoms with van der Waals surface area (Å²) in [6.45, 7) is 0. The normalized spacial score (nSPS) is 11.3. The van der Waals surface area contributed by atoms with Crippen LogP contribution < -0.4 is 5.73 Å². The van der Waals surface area contributed by atoms with Crippen molar-refractivity contribution in [3.05, 3.63) is 90.1 Å². The smallest absolute Gasteiger partial charge is 0.114 e. The first-order chi connectivity index (χ1) is 13.7. The van der Waals surface area contributed by atoms with E-state index in [0.29, 0.717) is 0 Å². The van der Waals surface area contributed by atoms with Crippen molar-refractivity contribution in [3.63, 3.8) is 0 Å². The molecule has 28 heavy (non-hydrogen) atoms. The van der Waals surface area contributed by atoms with Crippen LogP contribution >= 0.6 is 12.2 Å². The topological polar surface area (TPSA) is 67.6 Å². The molecule has 0 aliphatic rings. The third kappa shape index (κ3) is 3.41. The number of fused-ring (bicyclic) bond motifs is 1. The summed E-state index contributed by atoms with van der Waals surface area (Å²) in [4.78, 5) is 0.0689. The van der Waals surface area contributed by atoms with E-state index >= 15 is 0 Å². The van der Waals surface area contributed by atoms with E-state index < -0.39 is 0 Å². The van der Waals surface area contributed by atoms with Gasteiger partial charge in [-0.25, -0.2) is 4.68 Å². The van der Waals surface area contributed by atoms with Crippen molar-refractivity contribution in [1.82, 2.24) is 9.78 Å². The molecule has 4 nitrogen and oxygen atoms in total. The van der Waals surface area contributed by atoms with Crippen molar-refractivity contribution in [2.24, 2.45) is 5.73 Å². The Kier molecular flexibility index (Phi) is 4.71. The quantitative estimate of drug-likeness (QED) is 0.311. The molecular weight excluding hydrogens is 364 g/mol. The molecule has 0 atom stereocenters. The SMILES string of the molecule is N#CC(=Cc1cn(-c2ccccc2)nc1-c1ccc2ccccc2c1)C(N)=S. The fourth-order valence-corrected chi connectivity index (χ4v) is 3.19. The van der Waals surface area contributed by atoms with Gasteiger partial charge in [-0.3, -0.25) is 0 Å². The molecule has 3 aromatic carbocycles. The van der Waals surface area contributed by atoms with Crippen molar-refractivity contribution < 1.29 is 0 Å². The average molecular weight is 380 g/mol. The van der Waals surface area contributed by atoms with E-state index in [4.69, 9.17) is 23.1 Å². The first-order valence-electron chi connectivity index (χ1n) is 8.71. The van der Waals surface area contributed by atoms with Crippen LogP contribution in [0.4, 0.5) is 0 Å². The lowest BCUT2D eigenvalue weighted by Gasteiger charge is -2.03. The van der Waals surface area contributed by atoms with Gasteiger partial charge in [-0.2, -0.15) is 10.4 Å². The first-order valence-corrected chi connectivity index (χ1v) is 9.12. The van der Waals surface area contributed by atoms with Crippen LogP contribution in [0.2, 0.25) is 0 Å². The zero-order valence-corrected chi connectivity index (χ0v) is 15.7. The molecule has 1 aromatic heterocycles. The molecular formula is C23H16N4S. The standard InChI is InChI=1S/C23H16N4S/c24-14-19(23(25)28)13-20-15-27(21-8-2-1-3-9-21)26-22(20)18-11-10-16-6-4-5-7-17(16)12-18/h1-13,15H,(H2,25,28). The van der Waals surface area contributed by atoms with Crippen LogP contribution in [-0.4, -0.2) is 14.8 Å². The number of benzene rings is 3. The summed E-state index contributed by atoms with van der Waals surface area (Å²) in [6, 6.07) is 26.2.